The number of fused-ring (bicyclic) bond motifs is 1. The maximum atomic E-state index is 13.9. The molecular weight excluding hydrogens is 480 g/mol. The summed E-state index contributed by atoms with van der Waals surface area (Å²) in [6.45, 7) is -2.71. The van der Waals surface area contributed by atoms with E-state index in [2.05, 4.69) is 15.2 Å². The number of ether oxygens (including phenoxy) is 1. The summed E-state index contributed by atoms with van der Waals surface area (Å²) in [5.74, 6) is 1.63. The Balaban J connectivity index is 1.58. The van der Waals surface area contributed by atoms with E-state index in [0.717, 1.165) is 15.8 Å². The van der Waals surface area contributed by atoms with Crippen LogP contribution in [0.3, 0.4) is 0 Å². The number of hydrogen-bond acceptors (Lipinski definition) is 5. The minimum absolute atomic E-state index is 0.177. The van der Waals surface area contributed by atoms with E-state index < -0.39 is 6.55 Å². The zero-order valence-corrected chi connectivity index (χ0v) is 19.5. The Kier molecular flexibility index (Phi) is 6.21. The van der Waals surface area contributed by atoms with Crippen LogP contribution in [0.5, 0.6) is 5.75 Å². The van der Waals surface area contributed by atoms with Gasteiger partial charge in [0.05, 0.1) is 29.5 Å². The van der Waals surface area contributed by atoms with Crippen molar-refractivity contribution >= 4 is 34.4 Å². The highest BCUT2D eigenvalue weighted by Crippen LogP contribution is 2.35. The number of imidazole rings is 1. The zero-order valence-electron chi connectivity index (χ0n) is 17.9. The Morgan fingerprint density at radius 3 is 2.47 bits per heavy atom. The number of alkyl halides is 2. The molecule has 10 heteroatoms. The monoisotopic (exact) mass is 497 g/mol. The quantitative estimate of drug-likeness (QED) is 0.236. The molecule has 0 saturated carbocycles. The van der Waals surface area contributed by atoms with Gasteiger partial charge in [-0.15, -0.1) is 10.2 Å². The molecule has 2 heterocycles. The number of hydrogen-bond donors (Lipinski definition) is 0. The van der Waals surface area contributed by atoms with Crippen LogP contribution in [0.2, 0.25) is 5.02 Å². The van der Waals surface area contributed by atoms with Crippen LogP contribution in [0, 0.1) is 0 Å². The molecule has 0 saturated heterocycles. The van der Waals surface area contributed by atoms with E-state index in [1.807, 2.05) is 41.0 Å². The van der Waals surface area contributed by atoms with Crippen LogP contribution in [0.25, 0.3) is 28.1 Å². The largest absolute Gasteiger partial charge is 0.496 e. The van der Waals surface area contributed by atoms with E-state index in [1.54, 1.807) is 43.5 Å². The van der Waals surface area contributed by atoms with Crippen molar-refractivity contribution < 1.29 is 13.5 Å². The minimum atomic E-state index is -2.71. The average molecular weight is 498 g/mol. The summed E-state index contributed by atoms with van der Waals surface area (Å²) in [4.78, 5) is 4.42. The Labute approximate surface area is 203 Å². The molecule has 2 aromatic heterocycles. The van der Waals surface area contributed by atoms with Gasteiger partial charge < -0.3 is 4.74 Å². The molecule has 0 spiro atoms. The molecule has 0 unspecified atom stereocenters. The number of para-hydroxylation sites is 3. The molecule has 0 fully saturated rings. The lowest BCUT2D eigenvalue weighted by atomic mass is 10.2. The normalized spacial score (nSPS) is 11.4. The number of methoxy groups -OCH3 is 1. The fraction of sp³-hybridized carbons (Fsp3) is 0.125. The standard InChI is InChI=1S/C24H18ClF2N5OS/c1-33-20-9-5-2-6-17(20)22-29-30-24(31(22)16-12-10-15(25)11-13-16)34-14-21-28-18-7-3-4-8-19(18)32(21)23(26)27/h2-13,23H,14H2,1H3. The third kappa shape index (κ3) is 4.12. The van der Waals surface area contributed by atoms with Crippen LogP contribution in [0.1, 0.15) is 12.4 Å². The second-order valence-electron chi connectivity index (χ2n) is 7.27. The molecule has 0 bridgehead atoms. The van der Waals surface area contributed by atoms with Gasteiger partial charge in [0.25, 0.3) is 0 Å². The van der Waals surface area contributed by atoms with Crippen molar-refractivity contribution in [3.8, 4) is 22.8 Å². The first kappa shape index (κ1) is 22.4. The fourth-order valence-electron chi connectivity index (χ4n) is 3.73. The first-order valence-electron chi connectivity index (χ1n) is 10.3. The van der Waals surface area contributed by atoms with Crippen LogP contribution >= 0.6 is 23.4 Å². The summed E-state index contributed by atoms with van der Waals surface area (Å²) in [6.07, 6.45) is 0. The topological polar surface area (TPSA) is 57.8 Å². The van der Waals surface area contributed by atoms with Crippen LogP contribution in [-0.2, 0) is 5.75 Å². The summed E-state index contributed by atoms with van der Waals surface area (Å²) in [5.41, 5.74) is 2.44. The van der Waals surface area contributed by atoms with Gasteiger partial charge in [0, 0.05) is 10.7 Å². The summed E-state index contributed by atoms with van der Waals surface area (Å²) >= 11 is 7.37. The minimum Gasteiger partial charge on any atom is -0.496 e. The van der Waals surface area contributed by atoms with Gasteiger partial charge in [-0.1, -0.05) is 47.6 Å². The highest BCUT2D eigenvalue weighted by atomic mass is 35.5. The van der Waals surface area contributed by atoms with Crippen molar-refractivity contribution in [2.45, 2.75) is 17.5 Å². The van der Waals surface area contributed by atoms with Crippen molar-refractivity contribution in [3.05, 3.63) is 83.6 Å². The number of thioether (sulfide) groups is 1. The molecule has 0 amide bonds. The van der Waals surface area contributed by atoms with E-state index >= 15 is 0 Å². The molecule has 5 aromatic rings. The van der Waals surface area contributed by atoms with Crippen LogP contribution in [0.4, 0.5) is 8.78 Å². The molecule has 172 valence electrons. The van der Waals surface area contributed by atoms with Crippen molar-refractivity contribution in [2.75, 3.05) is 7.11 Å². The van der Waals surface area contributed by atoms with Gasteiger partial charge in [0.15, 0.2) is 11.0 Å². The van der Waals surface area contributed by atoms with E-state index in [1.165, 1.54) is 11.8 Å². The second kappa shape index (κ2) is 9.44. The van der Waals surface area contributed by atoms with Gasteiger partial charge in [-0.05, 0) is 48.5 Å². The van der Waals surface area contributed by atoms with Gasteiger partial charge >= 0.3 is 6.55 Å². The number of rotatable bonds is 7. The molecule has 0 aliphatic rings. The van der Waals surface area contributed by atoms with Gasteiger partial charge in [-0.25, -0.2) is 4.98 Å². The van der Waals surface area contributed by atoms with E-state index in [-0.39, 0.29) is 11.6 Å². The van der Waals surface area contributed by atoms with E-state index in [0.29, 0.717) is 32.8 Å². The molecule has 6 nitrogen and oxygen atoms in total. The Morgan fingerprint density at radius 1 is 0.971 bits per heavy atom. The first-order valence-corrected chi connectivity index (χ1v) is 11.6. The van der Waals surface area contributed by atoms with E-state index in [9.17, 15) is 8.78 Å². The van der Waals surface area contributed by atoms with E-state index in [4.69, 9.17) is 16.3 Å². The maximum absolute atomic E-state index is 13.9. The smallest absolute Gasteiger partial charge is 0.320 e. The number of benzene rings is 3. The average Bonchev–Trinajstić information content (AvgIpc) is 3.44. The molecule has 0 atom stereocenters. The number of halogens is 3. The Morgan fingerprint density at radius 2 is 1.71 bits per heavy atom. The summed E-state index contributed by atoms with van der Waals surface area (Å²) in [7, 11) is 1.59. The lowest BCUT2D eigenvalue weighted by Crippen LogP contribution is -2.04. The lowest BCUT2D eigenvalue weighted by Gasteiger charge is -2.13. The van der Waals surface area contributed by atoms with Crippen molar-refractivity contribution in [1.29, 1.82) is 0 Å². The molecule has 0 radical (unpaired) electrons. The first-order chi connectivity index (χ1) is 16.6. The van der Waals surface area contributed by atoms with Gasteiger partial charge in [0.1, 0.15) is 11.6 Å². The van der Waals surface area contributed by atoms with Crippen molar-refractivity contribution in [1.82, 2.24) is 24.3 Å². The molecule has 3 aromatic carbocycles. The van der Waals surface area contributed by atoms with Gasteiger partial charge in [-0.2, -0.15) is 8.78 Å². The van der Waals surface area contributed by atoms with Crippen LogP contribution in [-0.4, -0.2) is 31.4 Å². The molecule has 0 aliphatic carbocycles. The number of nitrogens with zero attached hydrogens (tertiary/aromatic N) is 5. The van der Waals surface area contributed by atoms with Crippen molar-refractivity contribution in [2.24, 2.45) is 0 Å². The Hall–Kier alpha value is -3.43. The molecule has 0 N–H and O–H groups in total. The third-order valence-corrected chi connectivity index (χ3v) is 6.44. The van der Waals surface area contributed by atoms with Crippen molar-refractivity contribution in [3.63, 3.8) is 0 Å². The zero-order chi connectivity index (χ0) is 23.7. The summed E-state index contributed by atoms with van der Waals surface area (Å²) < 4.78 is 36.0. The van der Waals surface area contributed by atoms with Gasteiger partial charge in [-0.3, -0.25) is 9.13 Å². The maximum Gasteiger partial charge on any atom is 0.320 e. The predicted molar refractivity (Wildman–Crippen MR) is 129 cm³/mol. The molecule has 5 rings (SSSR count). The highest BCUT2D eigenvalue weighted by molar-refractivity contribution is 7.98. The fourth-order valence-corrected chi connectivity index (χ4v) is 4.74. The highest BCUT2D eigenvalue weighted by Gasteiger charge is 2.22. The second-order valence-corrected chi connectivity index (χ2v) is 8.65. The van der Waals surface area contributed by atoms with Crippen LogP contribution in [0.15, 0.2) is 78.0 Å². The predicted octanol–water partition coefficient (Wildman–Crippen LogP) is 6.63. The third-order valence-electron chi connectivity index (χ3n) is 5.26. The molecule has 0 aliphatic heterocycles. The lowest BCUT2D eigenvalue weighted by molar-refractivity contribution is 0.0722. The molecular formula is C24H18ClF2N5OS. The Bertz CT molecular complexity index is 1450. The number of aromatic nitrogens is 5. The summed E-state index contributed by atoms with van der Waals surface area (Å²) in [6, 6.07) is 21.6. The van der Waals surface area contributed by atoms with Crippen LogP contribution < -0.4 is 4.74 Å². The van der Waals surface area contributed by atoms with Gasteiger partial charge in [0.2, 0.25) is 0 Å². The SMILES string of the molecule is COc1ccccc1-c1nnc(SCc2nc3ccccc3n2C(F)F)n1-c1ccc(Cl)cc1. The molecule has 34 heavy (non-hydrogen) atoms. The summed E-state index contributed by atoms with van der Waals surface area (Å²) in [5, 5.41) is 9.90.